The maximum atomic E-state index is 13.6. The molecule has 4 saturated heterocycles. The predicted octanol–water partition coefficient (Wildman–Crippen LogP) is 1.07. The fourth-order valence-electron chi connectivity index (χ4n) is 9.17. The van der Waals surface area contributed by atoms with Crippen LogP contribution in [0.4, 0.5) is 0 Å². The van der Waals surface area contributed by atoms with Crippen LogP contribution in [0, 0.1) is 11.8 Å². The number of aliphatic hydroxyl groups is 9. The zero-order chi connectivity index (χ0) is 54.3. The van der Waals surface area contributed by atoms with Crippen LogP contribution in [0.25, 0.3) is 0 Å². The smallest absolute Gasteiger partial charge is 0.311 e. The summed E-state index contributed by atoms with van der Waals surface area (Å²) in [6, 6.07) is 0. The number of aliphatic hydroxyl groups excluding tert-OH is 9. The molecule has 10 N–H and O–H groups in total. The predicted molar refractivity (Wildman–Crippen MR) is 254 cm³/mol. The molecule has 0 aromatic rings. The van der Waals surface area contributed by atoms with E-state index in [1.54, 1.807) is 20.8 Å². The van der Waals surface area contributed by atoms with Crippen LogP contribution in [-0.2, 0) is 61.8 Å². The Kier molecular flexibility index (Phi) is 26.5. The first-order valence-corrected chi connectivity index (χ1v) is 26.5. The second-order valence-corrected chi connectivity index (χ2v) is 20.4. The van der Waals surface area contributed by atoms with E-state index in [1.807, 2.05) is 0 Å². The molecule has 426 valence electrons. The summed E-state index contributed by atoms with van der Waals surface area (Å²) < 4.78 is 61.0. The molecule has 4 rings (SSSR count). The van der Waals surface area contributed by atoms with Gasteiger partial charge < -0.3 is 98.4 Å². The number of carbonyl (C=O) groups is 3. The van der Waals surface area contributed by atoms with Gasteiger partial charge in [-0.15, -0.1) is 0 Å². The summed E-state index contributed by atoms with van der Waals surface area (Å²) in [4.78, 5) is 37.2. The van der Waals surface area contributed by atoms with Gasteiger partial charge in [0, 0.05) is 6.42 Å². The van der Waals surface area contributed by atoms with Crippen LogP contribution in [0.5, 0.6) is 0 Å². The van der Waals surface area contributed by atoms with E-state index in [-0.39, 0.29) is 12.5 Å². The van der Waals surface area contributed by atoms with E-state index in [0.717, 1.165) is 57.8 Å². The number of carboxylic acids is 1. The van der Waals surface area contributed by atoms with Crippen LogP contribution in [0.1, 0.15) is 145 Å². The number of unbranched alkanes of at least 4 members (excludes halogenated alkanes) is 8. The van der Waals surface area contributed by atoms with Crippen LogP contribution >= 0.6 is 0 Å². The molecule has 4 aliphatic rings. The molecule has 0 bridgehead atoms. The number of carbonyl (C=O) groups excluding carboxylic acids is 2. The average molecular weight is 1060 g/mol. The molecule has 0 aromatic carbocycles. The van der Waals surface area contributed by atoms with E-state index in [2.05, 4.69) is 6.92 Å². The van der Waals surface area contributed by atoms with Crippen LogP contribution in [0.3, 0.4) is 0 Å². The van der Waals surface area contributed by atoms with Crippen molar-refractivity contribution < 1.29 is 113 Å². The van der Waals surface area contributed by atoms with E-state index < -0.39 is 165 Å². The summed E-state index contributed by atoms with van der Waals surface area (Å²) >= 11 is 0. The molecule has 73 heavy (non-hydrogen) atoms. The maximum Gasteiger partial charge on any atom is 0.311 e. The Labute approximate surface area is 428 Å². The molecule has 4 aliphatic heterocycles. The van der Waals surface area contributed by atoms with E-state index in [9.17, 15) is 60.3 Å². The lowest BCUT2D eigenvalue weighted by molar-refractivity contribution is -0.400. The third-order valence-electron chi connectivity index (χ3n) is 14.5. The van der Waals surface area contributed by atoms with Crippen molar-refractivity contribution in [2.45, 2.75) is 280 Å². The third-order valence-corrected chi connectivity index (χ3v) is 14.5. The number of hydrogen-bond acceptors (Lipinski definition) is 22. The molecule has 0 saturated carbocycles. The van der Waals surface area contributed by atoms with Crippen molar-refractivity contribution in [2.75, 3.05) is 6.61 Å². The highest BCUT2D eigenvalue weighted by molar-refractivity contribution is 5.73. The summed E-state index contributed by atoms with van der Waals surface area (Å²) in [5.74, 6) is -4.19. The number of aliphatic carboxylic acids is 1. The normalized spacial score (nSPS) is 38.8. The van der Waals surface area contributed by atoms with E-state index >= 15 is 0 Å². The molecule has 4 heterocycles. The number of carboxylic acid groups (broad SMARTS) is 1. The standard InChI is InChI=1S/C50H88O23/c1-9-11-17-20-30(21-18-15-13-12-14-16-19-22-32(53)54)67-48-42(36(58)33(55)27(6)64-48)72-49-43(37(59)35(57)31(23-51)68-49)73-50-44(70-45(62)24(3)10-2)41(34(56)28(7)65-50)71-47-39(61)38(60)40(29(8)66-47)69-46(63)25(4)26(5)52/h24-31,33-44,47-52,55-61H,9-23H2,1-8H3,(H,53,54). The highest BCUT2D eigenvalue weighted by Crippen LogP contribution is 2.37. The molecule has 0 aliphatic carbocycles. The first-order valence-electron chi connectivity index (χ1n) is 26.5. The molecule has 0 spiro atoms. The molecule has 0 radical (unpaired) electrons. The van der Waals surface area contributed by atoms with Gasteiger partial charge in [-0.2, -0.15) is 0 Å². The van der Waals surface area contributed by atoms with Crippen LogP contribution in [-0.4, -0.2) is 211 Å². The highest BCUT2D eigenvalue weighted by Gasteiger charge is 2.57. The van der Waals surface area contributed by atoms with Crippen molar-refractivity contribution in [2.24, 2.45) is 11.8 Å². The maximum absolute atomic E-state index is 13.6. The number of hydrogen-bond donors (Lipinski definition) is 10. The van der Waals surface area contributed by atoms with Gasteiger partial charge in [-0.25, -0.2) is 0 Å². The van der Waals surface area contributed by atoms with Crippen molar-refractivity contribution in [1.82, 2.24) is 0 Å². The number of rotatable bonds is 29. The first kappa shape index (κ1) is 63.3. The number of ether oxygens (including phenoxy) is 10. The molecule has 24 unspecified atom stereocenters. The van der Waals surface area contributed by atoms with Crippen molar-refractivity contribution >= 4 is 17.9 Å². The van der Waals surface area contributed by atoms with Gasteiger partial charge in [0.15, 0.2) is 37.4 Å². The van der Waals surface area contributed by atoms with Gasteiger partial charge in [-0.05, 0) is 60.3 Å². The zero-order valence-corrected chi connectivity index (χ0v) is 43.7. The first-order chi connectivity index (χ1) is 34.6. The molecule has 4 fully saturated rings. The molecular formula is C50H88O23. The van der Waals surface area contributed by atoms with Gasteiger partial charge in [-0.1, -0.05) is 78.6 Å². The van der Waals surface area contributed by atoms with E-state index in [1.165, 1.54) is 27.7 Å². The monoisotopic (exact) mass is 1060 g/mol. The van der Waals surface area contributed by atoms with E-state index in [4.69, 9.17) is 52.5 Å². The Bertz CT molecular complexity index is 1630. The molecule has 24 atom stereocenters. The van der Waals surface area contributed by atoms with Crippen molar-refractivity contribution in [3.63, 3.8) is 0 Å². The van der Waals surface area contributed by atoms with Crippen molar-refractivity contribution in [3.05, 3.63) is 0 Å². The lowest BCUT2D eigenvalue weighted by atomic mass is 9.95. The Morgan fingerprint density at radius 2 is 1.01 bits per heavy atom. The Morgan fingerprint density at radius 1 is 0.521 bits per heavy atom. The lowest BCUT2D eigenvalue weighted by Gasteiger charge is -2.50. The van der Waals surface area contributed by atoms with Crippen molar-refractivity contribution in [1.29, 1.82) is 0 Å². The summed E-state index contributed by atoms with van der Waals surface area (Å²) in [7, 11) is 0. The summed E-state index contributed by atoms with van der Waals surface area (Å²) in [6.07, 6.45) is -23.2. The van der Waals surface area contributed by atoms with Gasteiger partial charge >= 0.3 is 17.9 Å². The highest BCUT2D eigenvalue weighted by atomic mass is 16.8. The fraction of sp³-hybridized carbons (Fsp3) is 0.940. The van der Waals surface area contributed by atoms with Gasteiger partial charge in [0.2, 0.25) is 0 Å². The third kappa shape index (κ3) is 17.6. The fourth-order valence-corrected chi connectivity index (χ4v) is 9.17. The Hall–Kier alpha value is -2.27. The van der Waals surface area contributed by atoms with Crippen LogP contribution < -0.4 is 0 Å². The minimum absolute atomic E-state index is 0.152. The largest absolute Gasteiger partial charge is 0.481 e. The zero-order valence-electron chi connectivity index (χ0n) is 43.7. The summed E-state index contributed by atoms with van der Waals surface area (Å²) in [6.45, 7) is 11.7. The van der Waals surface area contributed by atoms with E-state index in [0.29, 0.717) is 25.7 Å². The summed E-state index contributed by atoms with van der Waals surface area (Å²) in [5.41, 5.74) is 0. The minimum Gasteiger partial charge on any atom is -0.481 e. The second kappa shape index (κ2) is 30.6. The molecule has 0 amide bonds. The number of esters is 2. The molecular weight excluding hydrogens is 969 g/mol. The van der Waals surface area contributed by atoms with Gasteiger partial charge in [0.1, 0.15) is 67.1 Å². The van der Waals surface area contributed by atoms with Gasteiger partial charge in [0.05, 0.1) is 49.0 Å². The summed E-state index contributed by atoms with van der Waals surface area (Å²) in [5, 5.41) is 109. The van der Waals surface area contributed by atoms with Crippen LogP contribution in [0.15, 0.2) is 0 Å². The average Bonchev–Trinajstić information content (AvgIpc) is 3.35. The topological polar surface area (TPSA) is 346 Å². The van der Waals surface area contributed by atoms with Crippen LogP contribution in [0.2, 0.25) is 0 Å². The Morgan fingerprint density at radius 3 is 1.60 bits per heavy atom. The van der Waals surface area contributed by atoms with Gasteiger partial charge in [-0.3, -0.25) is 14.4 Å². The SMILES string of the molecule is CCCCCC(CCCCCCCCCC(=O)O)OC1OC(C)C(O)C(O)C1OC1OC(CO)C(O)C(O)C1OC1OC(C)C(O)C(OC2OC(C)C(OC(=O)C(C)C(C)O)C(O)C2O)C1OC(=O)C(C)CC. The minimum atomic E-state index is -1.95. The quantitative estimate of drug-likeness (QED) is 0.0370. The van der Waals surface area contributed by atoms with Gasteiger partial charge in [0.25, 0.3) is 0 Å². The Balaban J connectivity index is 1.62. The van der Waals surface area contributed by atoms with Crippen molar-refractivity contribution in [3.8, 4) is 0 Å². The molecule has 23 heteroatoms. The second-order valence-electron chi connectivity index (χ2n) is 20.4. The molecule has 23 nitrogen and oxygen atoms in total. The lowest BCUT2D eigenvalue weighted by Crippen LogP contribution is -2.67. The molecule has 0 aromatic heterocycles.